The van der Waals surface area contributed by atoms with Gasteiger partial charge in [-0.15, -0.1) is 0 Å². The van der Waals surface area contributed by atoms with Crippen LogP contribution in [-0.2, 0) is 0 Å². The van der Waals surface area contributed by atoms with Crippen LogP contribution in [0.1, 0.15) is 49.8 Å². The zero-order valence-corrected chi connectivity index (χ0v) is 13.0. The molecule has 1 saturated carbocycles. The van der Waals surface area contributed by atoms with Crippen LogP contribution in [0.4, 0.5) is 0 Å². The Labute approximate surface area is 118 Å². The molecule has 0 amide bonds. The first-order chi connectivity index (χ1) is 8.48. The molecule has 1 aliphatic rings. The first kappa shape index (κ1) is 13.9. The Bertz CT molecular complexity index is 438. The molecule has 0 radical (unpaired) electrons. The lowest BCUT2D eigenvalue weighted by Gasteiger charge is -2.32. The van der Waals surface area contributed by atoms with Crippen LogP contribution < -0.4 is 10.5 Å². The second-order valence-corrected chi connectivity index (χ2v) is 6.54. The van der Waals surface area contributed by atoms with Gasteiger partial charge in [0.2, 0.25) is 0 Å². The van der Waals surface area contributed by atoms with Crippen LogP contribution in [0.25, 0.3) is 0 Å². The summed E-state index contributed by atoms with van der Waals surface area (Å²) in [7, 11) is 1.72. The molecule has 0 aliphatic heterocycles. The number of hydrogen-bond donors (Lipinski definition) is 1. The molecule has 0 heterocycles. The number of hydrogen-bond acceptors (Lipinski definition) is 2. The topological polar surface area (TPSA) is 35.2 Å². The molecule has 18 heavy (non-hydrogen) atoms. The quantitative estimate of drug-likeness (QED) is 0.901. The van der Waals surface area contributed by atoms with Crippen LogP contribution >= 0.6 is 15.9 Å². The van der Waals surface area contributed by atoms with Gasteiger partial charge in [0, 0.05) is 16.1 Å². The first-order valence-electron chi connectivity index (χ1n) is 6.57. The van der Waals surface area contributed by atoms with E-state index in [0.717, 1.165) is 15.8 Å². The van der Waals surface area contributed by atoms with Gasteiger partial charge in [-0.05, 0) is 42.9 Å². The van der Waals surface area contributed by atoms with Crippen LogP contribution in [0, 0.1) is 12.3 Å². The average molecular weight is 312 g/mol. The summed E-state index contributed by atoms with van der Waals surface area (Å²) in [5, 5.41) is 0. The Balaban J connectivity index is 2.40. The number of aryl methyl sites for hydroxylation is 1. The van der Waals surface area contributed by atoms with E-state index in [0.29, 0.717) is 0 Å². The molecule has 100 valence electrons. The van der Waals surface area contributed by atoms with Gasteiger partial charge in [0.15, 0.2) is 0 Å². The van der Waals surface area contributed by atoms with E-state index in [4.69, 9.17) is 10.5 Å². The summed E-state index contributed by atoms with van der Waals surface area (Å²) >= 11 is 3.59. The smallest absolute Gasteiger partial charge is 0.123 e. The Hall–Kier alpha value is -0.540. The van der Waals surface area contributed by atoms with E-state index in [1.165, 1.54) is 31.2 Å². The Morgan fingerprint density at radius 3 is 2.50 bits per heavy atom. The molecule has 2 nitrogen and oxygen atoms in total. The van der Waals surface area contributed by atoms with Crippen molar-refractivity contribution in [1.29, 1.82) is 0 Å². The van der Waals surface area contributed by atoms with Crippen molar-refractivity contribution in [1.82, 2.24) is 0 Å². The molecule has 0 saturated heterocycles. The molecule has 0 bridgehead atoms. The van der Waals surface area contributed by atoms with Gasteiger partial charge in [0.25, 0.3) is 0 Å². The maximum Gasteiger partial charge on any atom is 0.123 e. The fourth-order valence-electron chi connectivity index (χ4n) is 2.96. The molecular formula is C15H22BrNO. The van der Waals surface area contributed by atoms with Gasteiger partial charge in [0.1, 0.15) is 5.75 Å². The Morgan fingerprint density at radius 2 is 1.94 bits per heavy atom. The highest BCUT2D eigenvalue weighted by atomic mass is 79.9. The molecule has 1 aliphatic carbocycles. The molecule has 0 spiro atoms. The molecule has 0 aromatic heterocycles. The van der Waals surface area contributed by atoms with E-state index in [1.807, 2.05) is 0 Å². The summed E-state index contributed by atoms with van der Waals surface area (Å²) in [6.45, 7) is 4.37. The maximum absolute atomic E-state index is 6.53. The molecule has 2 N–H and O–H groups in total. The van der Waals surface area contributed by atoms with E-state index < -0.39 is 0 Å². The Kier molecular flexibility index (Phi) is 4.02. The molecule has 1 aromatic rings. The predicted molar refractivity (Wildman–Crippen MR) is 78.9 cm³/mol. The van der Waals surface area contributed by atoms with E-state index in [-0.39, 0.29) is 11.5 Å². The van der Waals surface area contributed by atoms with Crippen molar-refractivity contribution in [3.8, 4) is 5.75 Å². The van der Waals surface area contributed by atoms with E-state index in [1.54, 1.807) is 7.11 Å². The lowest BCUT2D eigenvalue weighted by molar-refractivity contribution is 0.259. The first-order valence-corrected chi connectivity index (χ1v) is 7.37. The molecule has 1 atom stereocenters. The van der Waals surface area contributed by atoms with Crippen molar-refractivity contribution in [2.45, 2.75) is 45.6 Å². The van der Waals surface area contributed by atoms with Gasteiger partial charge in [-0.2, -0.15) is 0 Å². The third kappa shape index (κ3) is 2.43. The zero-order chi connectivity index (χ0) is 13.3. The minimum absolute atomic E-state index is 0.0480. The minimum Gasteiger partial charge on any atom is -0.496 e. The number of methoxy groups -OCH3 is 1. The van der Waals surface area contributed by atoms with Gasteiger partial charge >= 0.3 is 0 Å². The highest BCUT2D eigenvalue weighted by molar-refractivity contribution is 9.10. The van der Waals surface area contributed by atoms with Crippen molar-refractivity contribution in [3.63, 3.8) is 0 Å². The molecule has 1 unspecified atom stereocenters. The summed E-state index contributed by atoms with van der Waals surface area (Å²) in [6.07, 6.45) is 5.00. The van der Waals surface area contributed by atoms with Crippen LogP contribution in [0.15, 0.2) is 16.6 Å². The third-order valence-electron chi connectivity index (χ3n) is 4.34. The van der Waals surface area contributed by atoms with Gasteiger partial charge in [-0.3, -0.25) is 0 Å². The zero-order valence-electron chi connectivity index (χ0n) is 11.4. The SMILES string of the molecule is COc1cc(C)c(Br)cc1C(N)C1(C)CCCC1. The molecule has 1 aromatic carbocycles. The highest BCUT2D eigenvalue weighted by Crippen LogP contribution is 2.48. The predicted octanol–water partition coefficient (Wildman–Crippen LogP) is 4.35. The van der Waals surface area contributed by atoms with Crippen molar-refractivity contribution in [3.05, 3.63) is 27.7 Å². The highest BCUT2D eigenvalue weighted by Gasteiger charge is 2.37. The lowest BCUT2D eigenvalue weighted by atomic mass is 9.77. The number of benzene rings is 1. The van der Waals surface area contributed by atoms with Crippen LogP contribution in [0.2, 0.25) is 0 Å². The van der Waals surface area contributed by atoms with E-state index >= 15 is 0 Å². The number of rotatable bonds is 3. The second-order valence-electron chi connectivity index (χ2n) is 5.68. The van der Waals surface area contributed by atoms with Gasteiger partial charge in [-0.25, -0.2) is 0 Å². The monoisotopic (exact) mass is 311 g/mol. The number of ether oxygens (including phenoxy) is 1. The standard InChI is InChI=1S/C15H22BrNO/c1-10-8-13(18-3)11(9-12(10)16)14(17)15(2)6-4-5-7-15/h8-9,14H,4-7,17H2,1-3H3. The minimum atomic E-state index is 0.0480. The number of halogens is 1. The second kappa shape index (κ2) is 5.22. The third-order valence-corrected chi connectivity index (χ3v) is 5.20. The fraction of sp³-hybridized carbons (Fsp3) is 0.600. The van der Waals surface area contributed by atoms with Crippen molar-refractivity contribution >= 4 is 15.9 Å². The summed E-state index contributed by atoms with van der Waals surface area (Å²) in [4.78, 5) is 0. The van der Waals surface area contributed by atoms with Crippen molar-refractivity contribution in [2.75, 3.05) is 7.11 Å². The molecule has 2 rings (SSSR count). The molecular weight excluding hydrogens is 290 g/mol. The van der Waals surface area contributed by atoms with Crippen molar-refractivity contribution in [2.24, 2.45) is 11.1 Å². The van der Waals surface area contributed by atoms with Crippen molar-refractivity contribution < 1.29 is 4.74 Å². The summed E-state index contributed by atoms with van der Waals surface area (Å²) in [5.74, 6) is 0.913. The molecule has 3 heteroatoms. The number of nitrogens with two attached hydrogens (primary N) is 1. The molecule has 1 fully saturated rings. The normalized spacial score (nSPS) is 19.8. The maximum atomic E-state index is 6.53. The summed E-state index contributed by atoms with van der Waals surface area (Å²) in [6, 6.07) is 4.24. The van der Waals surface area contributed by atoms with E-state index in [2.05, 4.69) is 41.9 Å². The average Bonchev–Trinajstić information content (AvgIpc) is 2.79. The largest absolute Gasteiger partial charge is 0.496 e. The van der Waals surface area contributed by atoms with Gasteiger partial charge in [-0.1, -0.05) is 35.7 Å². The lowest BCUT2D eigenvalue weighted by Crippen LogP contribution is -2.29. The van der Waals surface area contributed by atoms with Crippen LogP contribution in [0.3, 0.4) is 0 Å². The summed E-state index contributed by atoms with van der Waals surface area (Å²) < 4.78 is 6.61. The van der Waals surface area contributed by atoms with Gasteiger partial charge in [0.05, 0.1) is 7.11 Å². The summed E-state index contributed by atoms with van der Waals surface area (Å²) in [5.41, 5.74) is 9.04. The van der Waals surface area contributed by atoms with E-state index in [9.17, 15) is 0 Å². The fourth-order valence-corrected chi connectivity index (χ4v) is 3.32. The Morgan fingerprint density at radius 1 is 1.33 bits per heavy atom. The van der Waals surface area contributed by atoms with Gasteiger partial charge < -0.3 is 10.5 Å². The van der Waals surface area contributed by atoms with Crippen LogP contribution in [0.5, 0.6) is 5.75 Å². The van der Waals surface area contributed by atoms with Crippen LogP contribution in [-0.4, -0.2) is 7.11 Å².